The van der Waals surface area contributed by atoms with Crippen LogP contribution in [0.2, 0.25) is 0 Å². The van der Waals surface area contributed by atoms with Gasteiger partial charge in [-0.25, -0.2) is 0 Å². The number of aliphatic hydroxyl groups is 1. The number of rotatable bonds is 4. The average molecular weight is 290 g/mol. The number of piperazine rings is 2. The molecule has 2 aliphatic rings. The Labute approximate surface area is 127 Å². The molecule has 1 aromatic carbocycles. The largest absolute Gasteiger partial charge is 0.395 e. The maximum atomic E-state index is 9.09. The van der Waals surface area contributed by atoms with Crippen LogP contribution >= 0.6 is 0 Å². The predicted molar refractivity (Wildman–Crippen MR) is 85.5 cm³/mol. The maximum Gasteiger partial charge on any atom is 0.0730 e. The predicted octanol–water partition coefficient (Wildman–Crippen LogP) is 0.0322. The van der Waals surface area contributed by atoms with E-state index in [4.69, 9.17) is 5.11 Å². The Morgan fingerprint density at radius 1 is 1.05 bits per heavy atom. The Kier molecular flexibility index (Phi) is 5.08. The molecule has 2 heterocycles. The number of para-hydroxylation sites is 1. The highest BCUT2D eigenvalue weighted by molar-refractivity contribution is 5.46. The van der Waals surface area contributed by atoms with Crippen molar-refractivity contribution in [2.45, 2.75) is 6.17 Å². The maximum absolute atomic E-state index is 9.09. The minimum atomic E-state index is 0.258. The van der Waals surface area contributed by atoms with Crippen molar-refractivity contribution in [3.05, 3.63) is 30.3 Å². The highest BCUT2D eigenvalue weighted by atomic mass is 16.3. The summed E-state index contributed by atoms with van der Waals surface area (Å²) < 4.78 is 0. The summed E-state index contributed by atoms with van der Waals surface area (Å²) >= 11 is 0. The summed E-state index contributed by atoms with van der Waals surface area (Å²) in [4.78, 5) is 7.36. The molecule has 2 fully saturated rings. The van der Waals surface area contributed by atoms with E-state index < -0.39 is 0 Å². The van der Waals surface area contributed by atoms with Crippen LogP contribution in [0.4, 0.5) is 5.69 Å². The topological polar surface area (TPSA) is 42.0 Å². The molecule has 2 aliphatic heterocycles. The molecule has 0 spiro atoms. The van der Waals surface area contributed by atoms with E-state index in [1.807, 2.05) is 0 Å². The van der Waals surface area contributed by atoms with Gasteiger partial charge in [0.2, 0.25) is 0 Å². The molecule has 2 N–H and O–H groups in total. The molecule has 0 aliphatic carbocycles. The van der Waals surface area contributed by atoms with Gasteiger partial charge in [-0.1, -0.05) is 18.2 Å². The summed E-state index contributed by atoms with van der Waals surface area (Å²) in [6.45, 7) is 8.50. The molecular weight excluding hydrogens is 264 g/mol. The fourth-order valence-electron chi connectivity index (χ4n) is 3.31. The summed E-state index contributed by atoms with van der Waals surface area (Å²) in [5, 5.41) is 12.7. The molecule has 1 aromatic rings. The van der Waals surface area contributed by atoms with Crippen molar-refractivity contribution >= 4 is 5.69 Å². The molecule has 1 atom stereocenters. The number of nitrogens with zero attached hydrogens (tertiary/aromatic N) is 3. The van der Waals surface area contributed by atoms with Crippen molar-refractivity contribution in [2.24, 2.45) is 0 Å². The number of β-amino-alcohol motifs (C(OH)–C–C–N with tert-alkyl or cyclic N) is 1. The lowest BCUT2D eigenvalue weighted by atomic mass is 10.2. The fraction of sp³-hybridized carbons (Fsp3) is 0.625. The molecule has 1 unspecified atom stereocenters. The van der Waals surface area contributed by atoms with E-state index in [1.165, 1.54) is 5.69 Å². The van der Waals surface area contributed by atoms with E-state index in [9.17, 15) is 0 Å². The number of hydrogen-bond acceptors (Lipinski definition) is 5. The summed E-state index contributed by atoms with van der Waals surface area (Å²) in [7, 11) is 0. The van der Waals surface area contributed by atoms with Crippen molar-refractivity contribution in [1.29, 1.82) is 0 Å². The Morgan fingerprint density at radius 3 is 2.52 bits per heavy atom. The van der Waals surface area contributed by atoms with Crippen molar-refractivity contribution in [2.75, 3.05) is 63.9 Å². The first-order chi connectivity index (χ1) is 10.4. The van der Waals surface area contributed by atoms with E-state index in [-0.39, 0.29) is 6.61 Å². The number of anilines is 1. The molecule has 0 bridgehead atoms. The fourth-order valence-corrected chi connectivity index (χ4v) is 3.31. The third-order valence-corrected chi connectivity index (χ3v) is 4.53. The van der Waals surface area contributed by atoms with E-state index in [0.29, 0.717) is 6.17 Å². The smallest absolute Gasteiger partial charge is 0.0730 e. The van der Waals surface area contributed by atoms with Crippen LogP contribution in [-0.2, 0) is 0 Å². The van der Waals surface area contributed by atoms with Gasteiger partial charge in [-0.15, -0.1) is 0 Å². The molecule has 5 nitrogen and oxygen atoms in total. The molecule has 0 amide bonds. The second-order valence-electron chi connectivity index (χ2n) is 5.85. The molecule has 5 heteroatoms. The quantitative estimate of drug-likeness (QED) is 0.819. The van der Waals surface area contributed by atoms with Crippen LogP contribution in [0.1, 0.15) is 0 Å². The molecule has 0 saturated carbocycles. The first-order valence-electron chi connectivity index (χ1n) is 7.97. The zero-order valence-electron chi connectivity index (χ0n) is 12.6. The second-order valence-corrected chi connectivity index (χ2v) is 5.85. The number of benzene rings is 1. The van der Waals surface area contributed by atoms with Gasteiger partial charge in [0, 0.05) is 58.0 Å². The third-order valence-electron chi connectivity index (χ3n) is 4.53. The molecule has 21 heavy (non-hydrogen) atoms. The van der Waals surface area contributed by atoms with Crippen molar-refractivity contribution in [3.63, 3.8) is 0 Å². The van der Waals surface area contributed by atoms with Gasteiger partial charge in [0.15, 0.2) is 0 Å². The number of hydrogen-bond donors (Lipinski definition) is 2. The average Bonchev–Trinajstić information content (AvgIpc) is 2.56. The Balaban J connectivity index is 1.51. The van der Waals surface area contributed by atoms with E-state index in [2.05, 4.69) is 50.3 Å². The minimum Gasteiger partial charge on any atom is -0.395 e. The van der Waals surface area contributed by atoms with E-state index in [0.717, 1.165) is 52.4 Å². The molecule has 3 rings (SSSR count). The Morgan fingerprint density at radius 2 is 1.81 bits per heavy atom. The van der Waals surface area contributed by atoms with Crippen LogP contribution in [0.3, 0.4) is 0 Å². The van der Waals surface area contributed by atoms with Crippen LogP contribution in [0.5, 0.6) is 0 Å². The SMILES string of the molecule is OCCN1CCNC(N2CCN(c3ccccc3)CC2)C1. The lowest BCUT2D eigenvalue weighted by Gasteiger charge is -2.44. The van der Waals surface area contributed by atoms with Crippen molar-refractivity contribution in [3.8, 4) is 0 Å². The zero-order valence-corrected chi connectivity index (χ0v) is 12.6. The third kappa shape index (κ3) is 3.74. The molecule has 116 valence electrons. The number of nitrogens with one attached hydrogen (secondary N) is 1. The standard InChI is InChI=1S/C16H26N4O/c21-13-12-18-7-6-17-16(14-18)20-10-8-19(9-11-20)15-4-2-1-3-5-15/h1-5,16-17,21H,6-14H2. The van der Waals surface area contributed by atoms with E-state index >= 15 is 0 Å². The summed E-state index contributed by atoms with van der Waals surface area (Å²) in [6, 6.07) is 10.7. The van der Waals surface area contributed by atoms with Crippen molar-refractivity contribution in [1.82, 2.24) is 15.1 Å². The zero-order chi connectivity index (χ0) is 14.5. The first kappa shape index (κ1) is 14.8. The number of aliphatic hydroxyl groups excluding tert-OH is 1. The summed E-state index contributed by atoms with van der Waals surface area (Å²) in [6.07, 6.45) is 0.434. The van der Waals surface area contributed by atoms with Crippen LogP contribution in [-0.4, -0.2) is 80.0 Å². The van der Waals surface area contributed by atoms with Gasteiger partial charge >= 0.3 is 0 Å². The van der Waals surface area contributed by atoms with Gasteiger partial charge in [-0.05, 0) is 12.1 Å². The van der Waals surface area contributed by atoms with Crippen LogP contribution in [0, 0.1) is 0 Å². The lowest BCUT2D eigenvalue weighted by molar-refractivity contribution is 0.0697. The summed E-state index contributed by atoms with van der Waals surface area (Å²) in [5.41, 5.74) is 1.33. The van der Waals surface area contributed by atoms with Gasteiger partial charge in [0.25, 0.3) is 0 Å². The van der Waals surface area contributed by atoms with Gasteiger partial charge in [0.1, 0.15) is 0 Å². The van der Waals surface area contributed by atoms with Crippen LogP contribution in [0.25, 0.3) is 0 Å². The lowest BCUT2D eigenvalue weighted by Crippen LogP contribution is -2.62. The summed E-state index contributed by atoms with van der Waals surface area (Å²) in [5.74, 6) is 0. The molecular formula is C16H26N4O. The second kappa shape index (κ2) is 7.22. The minimum absolute atomic E-state index is 0.258. The first-order valence-corrected chi connectivity index (χ1v) is 7.97. The highest BCUT2D eigenvalue weighted by Gasteiger charge is 2.27. The molecule has 2 saturated heterocycles. The monoisotopic (exact) mass is 290 g/mol. The molecule has 0 aromatic heterocycles. The normalized spacial score (nSPS) is 25.2. The van der Waals surface area contributed by atoms with E-state index in [1.54, 1.807) is 0 Å². The van der Waals surface area contributed by atoms with Gasteiger partial charge in [-0.2, -0.15) is 0 Å². The van der Waals surface area contributed by atoms with Gasteiger partial charge in [-0.3, -0.25) is 15.1 Å². The van der Waals surface area contributed by atoms with Crippen LogP contribution in [0.15, 0.2) is 30.3 Å². The Hall–Kier alpha value is -1.14. The van der Waals surface area contributed by atoms with Crippen molar-refractivity contribution < 1.29 is 5.11 Å². The van der Waals surface area contributed by atoms with Gasteiger partial charge in [0.05, 0.1) is 12.8 Å². The van der Waals surface area contributed by atoms with Crippen LogP contribution < -0.4 is 10.2 Å². The van der Waals surface area contributed by atoms with Gasteiger partial charge < -0.3 is 10.0 Å². The Bertz CT molecular complexity index is 418. The highest BCUT2D eigenvalue weighted by Crippen LogP contribution is 2.17. The molecule has 0 radical (unpaired) electrons.